The lowest BCUT2D eigenvalue weighted by Crippen LogP contribution is -2.71. The molecule has 1 spiro atoms. The van der Waals surface area contributed by atoms with Crippen LogP contribution >= 0.6 is 0 Å². The minimum atomic E-state index is -1.35. The zero-order valence-corrected chi connectivity index (χ0v) is 35.2. The minimum absolute atomic E-state index is 0.0612. The average molecular weight is 769 g/mol. The summed E-state index contributed by atoms with van der Waals surface area (Å²) in [5, 5.41) is 20.5. The lowest BCUT2D eigenvalue weighted by atomic mass is 9.52. The number of para-hydroxylation sites is 1. The number of aromatic nitrogens is 1. The van der Waals surface area contributed by atoms with Crippen LogP contribution in [0.3, 0.4) is 0 Å². The molecule has 0 saturated heterocycles. The first-order valence-electron chi connectivity index (χ1n) is 20.2. The van der Waals surface area contributed by atoms with Crippen LogP contribution in [0.25, 0.3) is 10.9 Å². The van der Waals surface area contributed by atoms with Gasteiger partial charge in [0.1, 0.15) is 12.0 Å². The molecule has 9 heteroatoms. The molecule has 3 aromatic rings. The zero-order chi connectivity index (χ0) is 39.8. The number of H-pyrrole nitrogens is 1. The molecule has 298 valence electrons. The van der Waals surface area contributed by atoms with E-state index in [1.54, 1.807) is 14.0 Å². The number of hydrogen-bond acceptors (Lipinski definition) is 8. The van der Waals surface area contributed by atoms with Crippen molar-refractivity contribution < 1.29 is 24.2 Å². The number of hydrogen-bond donors (Lipinski definition) is 3. The average Bonchev–Trinajstić information content (AvgIpc) is 3.66. The molecular weight excluding hydrogens is 707 g/mol. The number of carbonyl (C=O) groups is 2. The molecule has 3 aliphatic rings. The van der Waals surface area contributed by atoms with E-state index in [0.29, 0.717) is 25.1 Å². The number of methoxy groups -OCH3 is 2. The molecule has 3 N–H and O–H groups in total. The number of benzene rings is 2. The van der Waals surface area contributed by atoms with Gasteiger partial charge in [-0.15, -0.1) is 5.37 Å². The van der Waals surface area contributed by atoms with E-state index in [1.165, 1.54) is 19.0 Å². The quantitative estimate of drug-likeness (QED) is 0.104. The highest BCUT2D eigenvalue weighted by molar-refractivity contribution is 8.02. The number of aldehydes is 1. The van der Waals surface area contributed by atoms with Crippen LogP contribution in [0.1, 0.15) is 102 Å². The highest BCUT2D eigenvalue weighted by atomic mass is 32.2. The smallest absolute Gasteiger partial charge is 0.136 e. The van der Waals surface area contributed by atoms with E-state index in [0.717, 1.165) is 72.1 Å². The summed E-state index contributed by atoms with van der Waals surface area (Å²) in [5.74, 6) is 0.779. The van der Waals surface area contributed by atoms with E-state index in [-0.39, 0.29) is 17.1 Å². The SMILES string of the molecule is CC/C=C/C(CC)C[C@](C=O)(c1cc2c(cc1OC)N(C)C1C23CCNC/C=C\[C@](C)(C3)C([S-](#COC)C(C)=O)[C@@]1(C)O)c1[nH]c2ccccc2c1CCC. The molecule has 2 bridgehead atoms. The molecule has 3 heterocycles. The molecular formula is C46H62N3O5S-. The van der Waals surface area contributed by atoms with Crippen molar-refractivity contribution in [1.29, 1.82) is 0 Å². The van der Waals surface area contributed by atoms with Gasteiger partial charge in [0.2, 0.25) is 0 Å². The highest BCUT2D eigenvalue weighted by Gasteiger charge is 2.65. The molecule has 6 rings (SSSR count). The number of fused-ring (bicyclic) bond motifs is 3. The number of carbonyl (C=O) groups excluding carboxylic acids is 2. The Hall–Kier alpha value is -3.59. The summed E-state index contributed by atoms with van der Waals surface area (Å²) in [6.07, 6.45) is 15.6. The fourth-order valence-corrected chi connectivity index (χ4v) is 13.1. The van der Waals surface area contributed by atoms with Crippen molar-refractivity contribution in [2.24, 2.45) is 11.3 Å². The number of anilines is 1. The van der Waals surface area contributed by atoms with Crippen LogP contribution in [0.5, 0.6) is 5.75 Å². The summed E-state index contributed by atoms with van der Waals surface area (Å²) < 4.78 is 11.8. The summed E-state index contributed by atoms with van der Waals surface area (Å²) >= 11 is 0. The topological polar surface area (TPSA) is 104 Å². The molecule has 1 aliphatic carbocycles. The number of allylic oxidation sites excluding steroid dienone is 3. The summed E-state index contributed by atoms with van der Waals surface area (Å²) in [7, 11) is 4.17. The summed E-state index contributed by atoms with van der Waals surface area (Å²) in [5.41, 5.74) is 2.48. The first-order valence-corrected chi connectivity index (χ1v) is 21.4. The largest absolute Gasteiger partial charge is 0.496 e. The van der Waals surface area contributed by atoms with Gasteiger partial charge >= 0.3 is 0 Å². The van der Waals surface area contributed by atoms with Crippen molar-refractivity contribution >= 4 is 38.3 Å². The molecule has 1 fully saturated rings. The Morgan fingerprint density at radius 2 is 1.96 bits per heavy atom. The van der Waals surface area contributed by atoms with Gasteiger partial charge in [0.25, 0.3) is 0 Å². The van der Waals surface area contributed by atoms with Gasteiger partial charge in [0.15, 0.2) is 0 Å². The fourth-order valence-electron chi connectivity index (χ4n) is 11.1. The summed E-state index contributed by atoms with van der Waals surface area (Å²) in [6, 6.07) is 12.4. The van der Waals surface area contributed by atoms with Crippen LogP contribution in [0.15, 0.2) is 60.7 Å². The Balaban J connectivity index is 1.69. The second kappa shape index (κ2) is 16.1. The number of rotatable bonds is 11. The Bertz CT molecular complexity index is 2070. The van der Waals surface area contributed by atoms with E-state index in [1.807, 2.05) is 13.0 Å². The maximum absolute atomic E-state index is 14.4. The molecule has 55 heavy (non-hydrogen) atoms. The van der Waals surface area contributed by atoms with Crippen molar-refractivity contribution in [2.45, 2.75) is 114 Å². The predicted octanol–water partition coefficient (Wildman–Crippen LogP) is 7.86. The second-order valence-electron chi connectivity index (χ2n) is 16.6. The number of aliphatic hydroxyl groups is 1. The van der Waals surface area contributed by atoms with Gasteiger partial charge in [-0.1, -0.05) is 81.9 Å². The Kier molecular flexibility index (Phi) is 12.0. The van der Waals surface area contributed by atoms with Crippen molar-refractivity contribution in [3.8, 4) is 11.1 Å². The third-order valence-electron chi connectivity index (χ3n) is 12.9. The molecule has 0 radical (unpaired) electrons. The van der Waals surface area contributed by atoms with Crippen LogP contribution in [-0.2, 0) is 41.9 Å². The number of aryl methyl sites for hydroxylation is 1. The van der Waals surface area contributed by atoms with Gasteiger partial charge in [-0.2, -0.15) is 0 Å². The molecule has 8 nitrogen and oxygen atoms in total. The van der Waals surface area contributed by atoms with Crippen molar-refractivity contribution in [1.82, 2.24) is 10.3 Å². The third kappa shape index (κ3) is 6.74. The van der Waals surface area contributed by atoms with Gasteiger partial charge in [-0.3, -0.25) is 0 Å². The van der Waals surface area contributed by atoms with Gasteiger partial charge in [-0.25, -0.2) is 0 Å². The zero-order valence-electron chi connectivity index (χ0n) is 34.4. The van der Waals surface area contributed by atoms with E-state index in [2.05, 4.69) is 110 Å². The number of ether oxygens (including phenoxy) is 2. The summed E-state index contributed by atoms with van der Waals surface area (Å²) in [4.78, 5) is 33.9. The molecule has 0 amide bonds. The van der Waals surface area contributed by atoms with Crippen molar-refractivity contribution in [3.05, 3.63) is 83.1 Å². The maximum atomic E-state index is 14.4. The van der Waals surface area contributed by atoms with Crippen LogP contribution in [-0.4, -0.2) is 72.7 Å². The molecule has 1 aromatic heterocycles. The number of nitrogens with zero attached hydrogens (tertiary/aromatic N) is 1. The highest BCUT2D eigenvalue weighted by Crippen LogP contribution is 2.64. The molecule has 2 aromatic carbocycles. The van der Waals surface area contributed by atoms with E-state index in [4.69, 9.17) is 9.47 Å². The third-order valence-corrected chi connectivity index (χ3v) is 15.4. The van der Waals surface area contributed by atoms with Crippen LogP contribution in [0.4, 0.5) is 5.69 Å². The van der Waals surface area contributed by atoms with Crippen molar-refractivity contribution in [3.63, 3.8) is 0 Å². The number of aromatic amines is 1. The normalized spacial score (nSPS) is 28.5. The van der Waals surface area contributed by atoms with Gasteiger partial charge in [0.05, 0.1) is 24.2 Å². The van der Waals surface area contributed by atoms with Crippen molar-refractivity contribution in [2.75, 3.05) is 39.3 Å². The fraction of sp³-hybridized carbons (Fsp3) is 0.543. The first kappa shape index (κ1) is 41.1. The Morgan fingerprint density at radius 1 is 1.20 bits per heavy atom. The summed E-state index contributed by atoms with van der Waals surface area (Å²) in [6.45, 7) is 13.6. The van der Waals surface area contributed by atoms with Gasteiger partial charge < -0.3 is 49.7 Å². The number of nitrogens with one attached hydrogen (secondary N) is 2. The monoisotopic (exact) mass is 768 g/mol. The standard InChI is InChI=1S/C46H62N3O5S/c1-10-13-18-32(12-3)27-46(29-50,40-34(17-11-2)33-19-14-15-20-37(33)48-40)36-25-35-38(26-39(36)54-9)49(7)41-44(6,52)42(55(30-53-8)31(4)51)43(5)21-16-23-47-24-22-45(35,41)28-43/h13-16,18-21,25-26,29,32,41-42,47-48,52H,10-12,17,22-24,27-28H2,1-9H3/q-1/b18-13+,21-16-/t32?,41?,42?,43-,44+,45?,46+/m1/s1. The molecule has 1 saturated carbocycles. The van der Waals surface area contributed by atoms with E-state index < -0.39 is 37.4 Å². The van der Waals surface area contributed by atoms with Gasteiger partial charge in [0, 0.05) is 65.1 Å². The van der Waals surface area contributed by atoms with Crippen LogP contribution in [0.2, 0.25) is 0 Å². The lowest BCUT2D eigenvalue weighted by Gasteiger charge is -2.64. The van der Waals surface area contributed by atoms with E-state index >= 15 is 0 Å². The molecule has 2 aliphatic heterocycles. The molecule has 4 unspecified atom stereocenters. The first-order chi connectivity index (χ1) is 26.3. The lowest BCUT2D eigenvalue weighted by molar-refractivity contribution is -0.112. The second-order valence-corrected chi connectivity index (χ2v) is 18.5. The Morgan fingerprint density at radius 3 is 2.62 bits per heavy atom. The number of likely N-dealkylation sites (N-methyl/N-ethyl adjacent to an activating group) is 1. The minimum Gasteiger partial charge on any atom is -0.496 e. The van der Waals surface area contributed by atoms with Crippen LogP contribution < -0.4 is 15.0 Å². The van der Waals surface area contributed by atoms with Crippen LogP contribution in [0, 0.1) is 16.7 Å². The maximum Gasteiger partial charge on any atom is 0.136 e. The van der Waals surface area contributed by atoms with Gasteiger partial charge in [-0.05, 0) is 93.5 Å². The van der Waals surface area contributed by atoms with E-state index in [9.17, 15) is 14.7 Å². The molecule has 7 atom stereocenters. The Labute approximate surface area is 330 Å². The predicted molar refractivity (Wildman–Crippen MR) is 227 cm³/mol.